The number of carbonyl (C=O) groups is 1. The van der Waals surface area contributed by atoms with Gasteiger partial charge in [0.05, 0.1) is 11.1 Å². The lowest BCUT2D eigenvalue weighted by molar-refractivity contribution is -0.143. The Morgan fingerprint density at radius 3 is 1.93 bits per heavy atom. The molecule has 1 aliphatic heterocycles. The average molecular weight is 391 g/mol. The van der Waals surface area contributed by atoms with Crippen LogP contribution in [0.3, 0.4) is 0 Å². The van der Waals surface area contributed by atoms with Crippen LogP contribution in [0.1, 0.15) is 21.5 Å². The fraction of sp³-hybridized carbons (Fsp3) is 0.235. The third kappa shape index (κ3) is 4.26. The quantitative estimate of drug-likeness (QED) is 0.752. The first-order chi connectivity index (χ1) is 12.5. The Hall–Kier alpha value is -2.91. The van der Waals surface area contributed by atoms with Gasteiger partial charge in [-0.05, 0) is 36.4 Å². The third-order valence-corrected chi connectivity index (χ3v) is 3.65. The van der Waals surface area contributed by atoms with E-state index in [9.17, 15) is 31.1 Å². The van der Waals surface area contributed by atoms with E-state index in [1.54, 1.807) is 0 Å². The molecule has 3 rings (SSSR count). The number of ether oxygens (including phenoxy) is 2. The SMILES string of the molecule is O=C(Nc1cc(C(F)(F)F)cc(C(F)(F)F)c1)c1ccc2c(c1)OCCO2. The number of nitrogens with one attached hydrogen (secondary N) is 1. The predicted octanol–water partition coefficient (Wildman–Crippen LogP) is 4.75. The second kappa shape index (κ2) is 6.67. The number of hydrogen-bond acceptors (Lipinski definition) is 3. The van der Waals surface area contributed by atoms with E-state index in [1.165, 1.54) is 18.2 Å². The fourth-order valence-corrected chi connectivity index (χ4v) is 2.41. The number of hydrogen-bond donors (Lipinski definition) is 1. The second-order valence-electron chi connectivity index (χ2n) is 5.61. The van der Waals surface area contributed by atoms with Crippen LogP contribution in [0.15, 0.2) is 36.4 Å². The van der Waals surface area contributed by atoms with E-state index in [2.05, 4.69) is 5.32 Å². The van der Waals surface area contributed by atoms with Gasteiger partial charge in [0.15, 0.2) is 11.5 Å². The van der Waals surface area contributed by atoms with Gasteiger partial charge in [0.25, 0.3) is 5.91 Å². The minimum absolute atomic E-state index is 0.00906. The number of benzene rings is 2. The number of rotatable bonds is 2. The Morgan fingerprint density at radius 2 is 1.37 bits per heavy atom. The van der Waals surface area contributed by atoms with Gasteiger partial charge < -0.3 is 14.8 Å². The Kier molecular flexibility index (Phi) is 4.66. The van der Waals surface area contributed by atoms with Gasteiger partial charge in [-0.3, -0.25) is 4.79 Å². The van der Waals surface area contributed by atoms with Gasteiger partial charge in [-0.25, -0.2) is 0 Å². The van der Waals surface area contributed by atoms with E-state index < -0.39 is 35.1 Å². The number of carbonyl (C=O) groups excluding carboxylic acids is 1. The summed E-state index contributed by atoms with van der Waals surface area (Å²) in [6, 6.07) is 4.90. The molecule has 0 fully saturated rings. The number of halogens is 6. The molecule has 0 atom stereocenters. The molecule has 144 valence electrons. The van der Waals surface area contributed by atoms with Crippen molar-refractivity contribution in [3.8, 4) is 11.5 Å². The predicted molar refractivity (Wildman–Crippen MR) is 81.8 cm³/mol. The van der Waals surface area contributed by atoms with Crippen LogP contribution in [0.25, 0.3) is 0 Å². The van der Waals surface area contributed by atoms with Crippen LogP contribution in [0.4, 0.5) is 32.0 Å². The van der Waals surface area contributed by atoms with E-state index in [1.807, 2.05) is 0 Å². The lowest BCUT2D eigenvalue weighted by Crippen LogP contribution is -2.18. The van der Waals surface area contributed by atoms with Gasteiger partial charge in [0.1, 0.15) is 13.2 Å². The zero-order valence-electron chi connectivity index (χ0n) is 13.4. The van der Waals surface area contributed by atoms with Crippen molar-refractivity contribution in [1.82, 2.24) is 0 Å². The maximum Gasteiger partial charge on any atom is 0.416 e. The smallest absolute Gasteiger partial charge is 0.416 e. The van der Waals surface area contributed by atoms with Crippen LogP contribution in [-0.4, -0.2) is 19.1 Å². The van der Waals surface area contributed by atoms with Crippen molar-refractivity contribution >= 4 is 11.6 Å². The largest absolute Gasteiger partial charge is 0.486 e. The van der Waals surface area contributed by atoms with Crippen LogP contribution in [0.5, 0.6) is 11.5 Å². The van der Waals surface area contributed by atoms with Gasteiger partial charge in [0.2, 0.25) is 0 Å². The van der Waals surface area contributed by atoms with Gasteiger partial charge in [-0.1, -0.05) is 0 Å². The molecule has 0 saturated heterocycles. The van der Waals surface area contributed by atoms with Crippen molar-refractivity contribution < 1.29 is 40.6 Å². The summed E-state index contributed by atoms with van der Waals surface area (Å²) in [4.78, 5) is 12.3. The maximum atomic E-state index is 12.9. The van der Waals surface area contributed by atoms with Gasteiger partial charge >= 0.3 is 12.4 Å². The Bertz CT molecular complexity index is 844. The van der Waals surface area contributed by atoms with Gasteiger partial charge in [0, 0.05) is 11.3 Å². The molecule has 0 spiro atoms. The number of alkyl halides is 6. The molecule has 2 aromatic carbocycles. The molecule has 0 aromatic heterocycles. The number of anilines is 1. The topological polar surface area (TPSA) is 47.6 Å². The van der Waals surface area contributed by atoms with Crippen LogP contribution in [-0.2, 0) is 12.4 Å². The molecule has 0 bridgehead atoms. The molecule has 0 radical (unpaired) electrons. The lowest BCUT2D eigenvalue weighted by Gasteiger charge is -2.19. The van der Waals surface area contributed by atoms with E-state index in [0.717, 1.165) is 0 Å². The minimum atomic E-state index is -5.00. The highest BCUT2D eigenvalue weighted by Crippen LogP contribution is 2.38. The molecule has 27 heavy (non-hydrogen) atoms. The van der Waals surface area contributed by atoms with Gasteiger partial charge in [-0.2, -0.15) is 26.3 Å². The summed E-state index contributed by atoms with van der Waals surface area (Å²) in [5.41, 5.74) is -3.67. The summed E-state index contributed by atoms with van der Waals surface area (Å²) < 4.78 is 87.8. The summed E-state index contributed by atoms with van der Waals surface area (Å²) in [5, 5.41) is 2.05. The molecule has 1 heterocycles. The first-order valence-corrected chi connectivity index (χ1v) is 7.54. The Morgan fingerprint density at radius 1 is 0.815 bits per heavy atom. The maximum absolute atomic E-state index is 12.9. The van der Waals surface area contributed by atoms with E-state index in [4.69, 9.17) is 9.47 Å². The monoisotopic (exact) mass is 391 g/mol. The highest BCUT2D eigenvalue weighted by atomic mass is 19.4. The minimum Gasteiger partial charge on any atom is -0.486 e. The molecule has 0 saturated carbocycles. The molecule has 1 N–H and O–H groups in total. The molecular formula is C17H11F6NO3. The summed E-state index contributed by atoms with van der Waals surface area (Å²) in [7, 11) is 0. The molecule has 4 nitrogen and oxygen atoms in total. The summed E-state index contributed by atoms with van der Waals surface area (Å²) >= 11 is 0. The van der Waals surface area contributed by atoms with Crippen LogP contribution in [0.2, 0.25) is 0 Å². The van der Waals surface area contributed by atoms with Crippen molar-refractivity contribution in [3.63, 3.8) is 0 Å². The first-order valence-electron chi connectivity index (χ1n) is 7.54. The fourth-order valence-electron chi connectivity index (χ4n) is 2.41. The standard InChI is InChI=1S/C17H11F6NO3/c18-16(19,20)10-6-11(17(21,22)23)8-12(7-10)24-15(25)9-1-2-13-14(5-9)27-4-3-26-13/h1-2,5-8H,3-4H2,(H,24,25). The highest BCUT2D eigenvalue weighted by molar-refractivity contribution is 6.04. The van der Waals surface area contributed by atoms with Crippen molar-refractivity contribution in [2.75, 3.05) is 18.5 Å². The normalized spacial score (nSPS) is 14.0. The summed E-state index contributed by atoms with van der Waals surface area (Å²) in [5.74, 6) is -0.246. The van der Waals surface area contributed by atoms with Crippen molar-refractivity contribution in [2.45, 2.75) is 12.4 Å². The summed E-state index contributed by atoms with van der Waals surface area (Å²) in [6.45, 7) is 0.573. The summed E-state index contributed by atoms with van der Waals surface area (Å²) in [6.07, 6.45) is -10.0. The molecular weight excluding hydrogens is 380 g/mol. The van der Waals surface area contributed by atoms with Crippen LogP contribution in [0, 0.1) is 0 Å². The van der Waals surface area contributed by atoms with Crippen molar-refractivity contribution in [1.29, 1.82) is 0 Å². The highest BCUT2D eigenvalue weighted by Gasteiger charge is 2.37. The zero-order valence-corrected chi connectivity index (χ0v) is 13.4. The third-order valence-electron chi connectivity index (χ3n) is 3.65. The molecule has 1 aliphatic rings. The average Bonchev–Trinajstić information content (AvgIpc) is 2.59. The number of fused-ring (bicyclic) bond motifs is 1. The van der Waals surface area contributed by atoms with Crippen molar-refractivity contribution in [3.05, 3.63) is 53.1 Å². The van der Waals surface area contributed by atoms with E-state index in [-0.39, 0.29) is 24.0 Å². The molecule has 0 unspecified atom stereocenters. The first kappa shape index (κ1) is 18.9. The molecule has 1 amide bonds. The molecule has 2 aromatic rings. The molecule has 10 heteroatoms. The second-order valence-corrected chi connectivity index (χ2v) is 5.61. The van der Waals surface area contributed by atoms with E-state index in [0.29, 0.717) is 24.5 Å². The van der Waals surface area contributed by atoms with Crippen LogP contribution >= 0.6 is 0 Å². The Labute approximate surface area is 148 Å². The Balaban J connectivity index is 1.91. The van der Waals surface area contributed by atoms with Crippen molar-refractivity contribution in [2.24, 2.45) is 0 Å². The zero-order chi connectivity index (χ0) is 19.8. The number of amides is 1. The van der Waals surface area contributed by atoms with Gasteiger partial charge in [-0.15, -0.1) is 0 Å². The molecule has 0 aliphatic carbocycles. The van der Waals surface area contributed by atoms with Crippen LogP contribution < -0.4 is 14.8 Å². The van der Waals surface area contributed by atoms with E-state index >= 15 is 0 Å². The lowest BCUT2D eigenvalue weighted by atomic mass is 10.1.